The third-order valence-corrected chi connectivity index (χ3v) is 6.06. The molecule has 1 heterocycles. The smallest absolute Gasteiger partial charge is 0.189 e. The van der Waals surface area contributed by atoms with Crippen LogP contribution >= 0.6 is 11.6 Å². The monoisotopic (exact) mass is 319 g/mol. The van der Waals surface area contributed by atoms with Crippen LogP contribution in [0.1, 0.15) is 11.6 Å². The lowest BCUT2D eigenvalue weighted by Crippen LogP contribution is -2.36. The van der Waals surface area contributed by atoms with Crippen LogP contribution < -0.4 is 5.32 Å². The summed E-state index contributed by atoms with van der Waals surface area (Å²) in [5, 5.41) is 3.20. The van der Waals surface area contributed by atoms with E-state index >= 15 is 0 Å². The van der Waals surface area contributed by atoms with Gasteiger partial charge in [-0.05, 0) is 29.8 Å². The van der Waals surface area contributed by atoms with E-state index in [1.807, 2.05) is 18.2 Å². The summed E-state index contributed by atoms with van der Waals surface area (Å²) in [6.07, 6.45) is 1.48. The van der Waals surface area contributed by atoms with Gasteiger partial charge in [0.05, 0.1) is 16.6 Å². The molecule has 2 aromatic rings. The topological polar surface area (TPSA) is 46.2 Å². The average Bonchev–Trinajstić information content (AvgIpc) is 2.47. The molecule has 1 N–H and O–H groups in total. The predicted molar refractivity (Wildman–Crippen MR) is 85.4 cm³/mol. The van der Waals surface area contributed by atoms with Gasteiger partial charge in [0.15, 0.2) is 9.84 Å². The molecule has 0 aromatic heterocycles. The van der Waals surface area contributed by atoms with Crippen LogP contribution in [0.2, 0.25) is 5.02 Å². The summed E-state index contributed by atoms with van der Waals surface area (Å²) in [7, 11) is -3.45. The molecule has 21 heavy (non-hydrogen) atoms. The fraction of sp³-hybridized carbons (Fsp3) is 0.125. The maximum Gasteiger partial charge on any atom is 0.189 e. The minimum Gasteiger partial charge on any atom is -0.376 e. The van der Waals surface area contributed by atoms with Crippen molar-refractivity contribution in [3.63, 3.8) is 0 Å². The lowest BCUT2D eigenvalue weighted by molar-refractivity contribution is 0.574. The standard InChI is InChI=1S/C16H14ClNO2S/c1-2-14-16(11-7-9-12(17)10-8-11)18-13-5-3-4-6-15(13)21(14,19)20/h2-10,14,16,18H,1H2. The summed E-state index contributed by atoms with van der Waals surface area (Å²) in [6, 6.07) is 13.7. The van der Waals surface area contributed by atoms with Crippen molar-refractivity contribution in [1.29, 1.82) is 0 Å². The normalized spacial score (nSPS) is 22.9. The van der Waals surface area contributed by atoms with Gasteiger partial charge in [-0.1, -0.05) is 41.9 Å². The van der Waals surface area contributed by atoms with Gasteiger partial charge >= 0.3 is 0 Å². The van der Waals surface area contributed by atoms with Crippen molar-refractivity contribution in [2.24, 2.45) is 0 Å². The fourth-order valence-electron chi connectivity index (χ4n) is 2.62. The number of fused-ring (bicyclic) bond motifs is 1. The molecule has 0 radical (unpaired) electrons. The van der Waals surface area contributed by atoms with Crippen LogP contribution in [0.25, 0.3) is 0 Å². The summed E-state index contributed by atoms with van der Waals surface area (Å²) < 4.78 is 25.5. The summed E-state index contributed by atoms with van der Waals surface area (Å²) >= 11 is 5.90. The van der Waals surface area contributed by atoms with E-state index in [1.165, 1.54) is 6.08 Å². The highest BCUT2D eigenvalue weighted by atomic mass is 35.5. The van der Waals surface area contributed by atoms with Crippen LogP contribution in [0.15, 0.2) is 66.1 Å². The number of hydrogen-bond acceptors (Lipinski definition) is 3. The molecule has 0 spiro atoms. The fourth-order valence-corrected chi connectivity index (χ4v) is 4.57. The number of para-hydroxylation sites is 1. The van der Waals surface area contributed by atoms with E-state index in [9.17, 15) is 8.42 Å². The van der Waals surface area contributed by atoms with E-state index in [4.69, 9.17) is 11.6 Å². The lowest BCUT2D eigenvalue weighted by atomic mass is 10.0. The molecule has 0 saturated carbocycles. The molecule has 2 aromatic carbocycles. The van der Waals surface area contributed by atoms with E-state index in [1.54, 1.807) is 30.3 Å². The Hall–Kier alpha value is -1.78. The maximum absolute atomic E-state index is 12.7. The first-order chi connectivity index (χ1) is 10.0. The largest absolute Gasteiger partial charge is 0.376 e. The van der Waals surface area contributed by atoms with Gasteiger partial charge in [0.25, 0.3) is 0 Å². The molecular formula is C16H14ClNO2S. The molecule has 1 aliphatic heterocycles. The number of halogens is 1. The second-order valence-corrected chi connectivity index (χ2v) is 7.43. The molecule has 108 valence electrons. The number of anilines is 1. The second-order valence-electron chi connectivity index (χ2n) is 4.92. The Kier molecular flexibility index (Phi) is 3.51. The van der Waals surface area contributed by atoms with Crippen LogP contribution in [0.4, 0.5) is 5.69 Å². The quantitative estimate of drug-likeness (QED) is 0.856. The van der Waals surface area contributed by atoms with Crippen molar-refractivity contribution < 1.29 is 8.42 Å². The van der Waals surface area contributed by atoms with Crippen LogP contribution in [0, 0.1) is 0 Å². The first-order valence-corrected chi connectivity index (χ1v) is 8.44. The number of nitrogens with one attached hydrogen (secondary N) is 1. The van der Waals surface area contributed by atoms with Crippen LogP contribution in [0.5, 0.6) is 0 Å². The average molecular weight is 320 g/mol. The highest BCUT2D eigenvalue weighted by Crippen LogP contribution is 2.39. The van der Waals surface area contributed by atoms with Crippen molar-refractivity contribution in [3.8, 4) is 0 Å². The summed E-state index contributed by atoms with van der Waals surface area (Å²) in [4.78, 5) is 0.320. The number of sulfone groups is 1. The zero-order valence-corrected chi connectivity index (χ0v) is 12.7. The Morgan fingerprint density at radius 1 is 1.10 bits per heavy atom. The van der Waals surface area contributed by atoms with Crippen molar-refractivity contribution in [3.05, 3.63) is 71.8 Å². The summed E-state index contributed by atoms with van der Waals surface area (Å²) in [5.74, 6) is 0. The third kappa shape index (κ3) is 2.34. The molecule has 5 heteroatoms. The molecule has 3 nitrogen and oxygen atoms in total. The van der Waals surface area contributed by atoms with Crippen molar-refractivity contribution in [1.82, 2.24) is 0 Å². The van der Waals surface area contributed by atoms with E-state index in [-0.39, 0.29) is 6.04 Å². The van der Waals surface area contributed by atoms with E-state index in [0.717, 1.165) is 5.56 Å². The molecule has 0 saturated heterocycles. The molecule has 0 bridgehead atoms. The van der Waals surface area contributed by atoms with Crippen molar-refractivity contribution >= 4 is 27.1 Å². The van der Waals surface area contributed by atoms with Crippen molar-refractivity contribution in [2.75, 3.05) is 5.32 Å². The van der Waals surface area contributed by atoms with Crippen LogP contribution in [-0.4, -0.2) is 13.7 Å². The zero-order valence-electron chi connectivity index (χ0n) is 11.2. The van der Waals surface area contributed by atoms with E-state index < -0.39 is 15.1 Å². The minimum atomic E-state index is -3.45. The lowest BCUT2D eigenvalue weighted by Gasteiger charge is -2.33. The van der Waals surface area contributed by atoms with Gasteiger partial charge < -0.3 is 5.32 Å². The molecular weight excluding hydrogens is 306 g/mol. The second kappa shape index (κ2) is 5.20. The van der Waals surface area contributed by atoms with Gasteiger partial charge in [-0.3, -0.25) is 0 Å². The van der Waals surface area contributed by atoms with Gasteiger partial charge in [0, 0.05) is 5.02 Å². The molecule has 0 fully saturated rings. The highest BCUT2D eigenvalue weighted by Gasteiger charge is 2.39. The molecule has 0 amide bonds. The highest BCUT2D eigenvalue weighted by molar-refractivity contribution is 7.92. The molecule has 3 rings (SSSR count). The SMILES string of the molecule is C=CC1C(c2ccc(Cl)cc2)Nc2ccccc2S1(=O)=O. The molecule has 2 atom stereocenters. The van der Waals surface area contributed by atoms with Gasteiger partial charge in [0.2, 0.25) is 0 Å². The predicted octanol–water partition coefficient (Wildman–Crippen LogP) is 3.84. The van der Waals surface area contributed by atoms with Gasteiger partial charge in [-0.25, -0.2) is 8.42 Å². The number of benzene rings is 2. The minimum absolute atomic E-state index is 0.320. The molecule has 0 aliphatic carbocycles. The molecule has 2 unspecified atom stereocenters. The third-order valence-electron chi connectivity index (χ3n) is 3.65. The first-order valence-electron chi connectivity index (χ1n) is 6.51. The van der Waals surface area contributed by atoms with Gasteiger partial charge in [-0.15, -0.1) is 6.58 Å². The van der Waals surface area contributed by atoms with Gasteiger partial charge in [-0.2, -0.15) is 0 Å². The number of hydrogen-bond donors (Lipinski definition) is 1. The zero-order chi connectivity index (χ0) is 15.0. The Morgan fingerprint density at radius 3 is 2.43 bits per heavy atom. The summed E-state index contributed by atoms with van der Waals surface area (Å²) in [5.41, 5.74) is 1.48. The maximum atomic E-state index is 12.7. The number of rotatable bonds is 2. The van der Waals surface area contributed by atoms with E-state index in [0.29, 0.717) is 15.6 Å². The Morgan fingerprint density at radius 2 is 1.76 bits per heavy atom. The Balaban J connectivity index is 2.15. The van der Waals surface area contributed by atoms with Crippen molar-refractivity contribution in [2.45, 2.75) is 16.2 Å². The van der Waals surface area contributed by atoms with Crippen LogP contribution in [-0.2, 0) is 9.84 Å². The van der Waals surface area contributed by atoms with E-state index in [2.05, 4.69) is 11.9 Å². The Bertz CT molecular complexity index is 784. The van der Waals surface area contributed by atoms with Gasteiger partial charge in [0.1, 0.15) is 5.25 Å². The summed E-state index contributed by atoms with van der Waals surface area (Å²) in [6.45, 7) is 3.70. The Labute approximate surface area is 129 Å². The molecule has 1 aliphatic rings. The van der Waals surface area contributed by atoms with Crippen LogP contribution in [0.3, 0.4) is 0 Å². The first kappa shape index (κ1) is 14.2.